The van der Waals surface area contributed by atoms with Gasteiger partial charge in [-0.15, -0.1) is 0 Å². The summed E-state index contributed by atoms with van der Waals surface area (Å²) >= 11 is 0. The highest BCUT2D eigenvalue weighted by atomic mass is 16.5. The number of benzene rings is 3. The van der Waals surface area contributed by atoms with Crippen LogP contribution in [0.1, 0.15) is 34.1 Å². The Hall–Kier alpha value is -4.13. The predicted molar refractivity (Wildman–Crippen MR) is 119 cm³/mol. The molecular formula is C25H23NO6. The van der Waals surface area contributed by atoms with E-state index in [1.807, 2.05) is 37.3 Å². The zero-order chi connectivity index (χ0) is 22.8. The van der Waals surface area contributed by atoms with Crippen molar-refractivity contribution < 1.29 is 28.6 Å². The Balaban J connectivity index is 1.46. The summed E-state index contributed by atoms with van der Waals surface area (Å²) in [6.07, 6.45) is 0.740. The smallest absolute Gasteiger partial charge is 0.338 e. The summed E-state index contributed by atoms with van der Waals surface area (Å²) in [6.45, 7) is 1.82. The zero-order valence-electron chi connectivity index (χ0n) is 17.6. The second-order valence-electron chi connectivity index (χ2n) is 6.78. The molecule has 3 aromatic carbocycles. The minimum absolute atomic E-state index is 0.299. The van der Waals surface area contributed by atoms with Crippen molar-refractivity contribution in [2.24, 2.45) is 0 Å². The number of hydrogen-bond donors (Lipinski definition) is 1. The summed E-state index contributed by atoms with van der Waals surface area (Å²) in [4.78, 5) is 36.0. The van der Waals surface area contributed by atoms with Crippen LogP contribution in [-0.4, -0.2) is 31.1 Å². The van der Waals surface area contributed by atoms with Crippen molar-refractivity contribution in [1.29, 1.82) is 0 Å². The summed E-state index contributed by atoms with van der Waals surface area (Å²) < 4.78 is 15.8. The van der Waals surface area contributed by atoms with Gasteiger partial charge in [0.2, 0.25) is 0 Å². The molecule has 0 aromatic heterocycles. The molecule has 7 nitrogen and oxygen atoms in total. The highest BCUT2D eigenvalue weighted by molar-refractivity contribution is 5.96. The third-order valence-electron chi connectivity index (χ3n) is 4.24. The summed E-state index contributed by atoms with van der Waals surface area (Å²) in [5, 5.41) is 2.61. The summed E-state index contributed by atoms with van der Waals surface area (Å²) in [5.41, 5.74) is 1.16. The lowest BCUT2D eigenvalue weighted by Crippen LogP contribution is -2.21. The first-order valence-corrected chi connectivity index (χ1v) is 10.1. The Morgan fingerprint density at radius 1 is 0.719 bits per heavy atom. The lowest BCUT2D eigenvalue weighted by atomic mass is 10.2. The average Bonchev–Trinajstić information content (AvgIpc) is 2.82. The first-order chi connectivity index (χ1) is 15.5. The number of carbonyl (C=O) groups is 3. The van der Waals surface area contributed by atoms with Crippen LogP contribution in [0.25, 0.3) is 0 Å². The van der Waals surface area contributed by atoms with Gasteiger partial charge in [-0.25, -0.2) is 9.59 Å². The molecule has 0 spiro atoms. The van der Waals surface area contributed by atoms with E-state index in [-0.39, 0.29) is 0 Å². The fourth-order valence-electron chi connectivity index (χ4n) is 2.66. The molecule has 32 heavy (non-hydrogen) atoms. The summed E-state index contributed by atoms with van der Waals surface area (Å²) in [7, 11) is 0. The van der Waals surface area contributed by atoms with E-state index in [1.54, 1.807) is 48.5 Å². The third kappa shape index (κ3) is 6.70. The van der Waals surface area contributed by atoms with E-state index in [2.05, 4.69) is 5.32 Å². The van der Waals surface area contributed by atoms with Crippen LogP contribution in [0.2, 0.25) is 0 Å². The minimum Gasteiger partial charge on any atom is -0.462 e. The van der Waals surface area contributed by atoms with Crippen molar-refractivity contribution in [2.75, 3.05) is 18.5 Å². The monoisotopic (exact) mass is 433 g/mol. The van der Waals surface area contributed by atoms with Gasteiger partial charge in [-0.2, -0.15) is 0 Å². The topological polar surface area (TPSA) is 90.9 Å². The van der Waals surface area contributed by atoms with Gasteiger partial charge in [-0.05, 0) is 67.1 Å². The van der Waals surface area contributed by atoms with Gasteiger partial charge in [0.1, 0.15) is 11.5 Å². The number of rotatable bonds is 9. The van der Waals surface area contributed by atoms with E-state index in [4.69, 9.17) is 14.2 Å². The molecule has 0 bridgehead atoms. The van der Waals surface area contributed by atoms with Crippen LogP contribution >= 0.6 is 0 Å². The molecule has 0 unspecified atom stereocenters. The summed E-state index contributed by atoms with van der Waals surface area (Å²) in [5.74, 6) is -0.277. The Kier molecular flexibility index (Phi) is 7.97. The SMILES string of the molecule is CCCOC(=O)c1ccc(NC(=O)COC(=O)c2ccc(Oc3ccccc3)cc2)cc1. The van der Waals surface area contributed by atoms with E-state index >= 15 is 0 Å². The maximum absolute atomic E-state index is 12.2. The lowest BCUT2D eigenvalue weighted by molar-refractivity contribution is -0.119. The molecule has 3 rings (SSSR count). The fraction of sp³-hybridized carbons (Fsp3) is 0.160. The molecule has 0 aliphatic heterocycles. The Morgan fingerprint density at radius 2 is 1.28 bits per heavy atom. The number of nitrogens with one attached hydrogen (secondary N) is 1. The van der Waals surface area contributed by atoms with Gasteiger partial charge in [0, 0.05) is 5.69 Å². The van der Waals surface area contributed by atoms with Crippen LogP contribution in [0, 0.1) is 0 Å². The van der Waals surface area contributed by atoms with Gasteiger partial charge in [-0.3, -0.25) is 4.79 Å². The summed E-state index contributed by atoms with van der Waals surface area (Å²) in [6, 6.07) is 22.0. The number of amides is 1. The molecule has 0 fully saturated rings. The first kappa shape index (κ1) is 22.6. The molecule has 0 atom stereocenters. The van der Waals surface area contributed by atoms with Crippen molar-refractivity contribution >= 4 is 23.5 Å². The molecular weight excluding hydrogens is 410 g/mol. The Morgan fingerprint density at radius 3 is 1.91 bits per heavy atom. The second-order valence-corrected chi connectivity index (χ2v) is 6.78. The molecule has 0 radical (unpaired) electrons. The standard InChI is InChI=1S/C25H23NO6/c1-2-16-30-24(28)18-8-12-20(13-9-18)26-23(27)17-31-25(29)19-10-14-22(15-11-19)32-21-6-4-3-5-7-21/h3-15H,2,16-17H2,1H3,(H,26,27). The van der Waals surface area contributed by atoms with Gasteiger partial charge < -0.3 is 19.5 Å². The number of carbonyl (C=O) groups excluding carboxylic acids is 3. The normalized spacial score (nSPS) is 10.2. The van der Waals surface area contributed by atoms with Crippen molar-refractivity contribution in [2.45, 2.75) is 13.3 Å². The van der Waals surface area contributed by atoms with E-state index < -0.39 is 24.5 Å². The van der Waals surface area contributed by atoms with Gasteiger partial charge in [0.25, 0.3) is 5.91 Å². The molecule has 0 aliphatic rings. The van der Waals surface area contributed by atoms with E-state index in [1.165, 1.54) is 0 Å². The average molecular weight is 433 g/mol. The van der Waals surface area contributed by atoms with Crippen LogP contribution in [0.4, 0.5) is 5.69 Å². The quantitative estimate of drug-likeness (QED) is 0.486. The Labute approximate surface area is 185 Å². The van der Waals surface area contributed by atoms with Crippen LogP contribution in [-0.2, 0) is 14.3 Å². The van der Waals surface area contributed by atoms with Crippen LogP contribution in [0.3, 0.4) is 0 Å². The number of anilines is 1. The van der Waals surface area contributed by atoms with Gasteiger partial charge in [0.15, 0.2) is 6.61 Å². The van der Waals surface area contributed by atoms with Gasteiger partial charge in [-0.1, -0.05) is 25.1 Å². The fourth-order valence-corrected chi connectivity index (χ4v) is 2.66. The highest BCUT2D eigenvalue weighted by Gasteiger charge is 2.12. The molecule has 0 heterocycles. The van der Waals surface area contributed by atoms with Crippen LogP contribution in [0.5, 0.6) is 11.5 Å². The molecule has 0 aliphatic carbocycles. The Bertz CT molecular complexity index is 1050. The lowest BCUT2D eigenvalue weighted by Gasteiger charge is -2.09. The minimum atomic E-state index is -0.625. The number of para-hydroxylation sites is 1. The van der Waals surface area contributed by atoms with E-state index in [9.17, 15) is 14.4 Å². The van der Waals surface area contributed by atoms with E-state index in [0.29, 0.717) is 34.9 Å². The maximum atomic E-state index is 12.2. The van der Waals surface area contributed by atoms with Crippen LogP contribution < -0.4 is 10.1 Å². The molecule has 1 N–H and O–H groups in total. The maximum Gasteiger partial charge on any atom is 0.338 e. The molecule has 7 heteroatoms. The zero-order valence-corrected chi connectivity index (χ0v) is 17.6. The predicted octanol–water partition coefficient (Wildman–Crippen LogP) is 4.84. The first-order valence-electron chi connectivity index (χ1n) is 10.1. The van der Waals surface area contributed by atoms with Crippen molar-refractivity contribution in [3.63, 3.8) is 0 Å². The molecule has 0 saturated heterocycles. The number of esters is 2. The number of ether oxygens (including phenoxy) is 3. The molecule has 0 saturated carbocycles. The van der Waals surface area contributed by atoms with Crippen molar-refractivity contribution in [3.8, 4) is 11.5 Å². The van der Waals surface area contributed by atoms with Gasteiger partial charge >= 0.3 is 11.9 Å². The van der Waals surface area contributed by atoms with Crippen LogP contribution in [0.15, 0.2) is 78.9 Å². The number of hydrogen-bond acceptors (Lipinski definition) is 6. The van der Waals surface area contributed by atoms with Crippen molar-refractivity contribution in [1.82, 2.24) is 0 Å². The third-order valence-corrected chi connectivity index (χ3v) is 4.24. The molecule has 164 valence electrons. The van der Waals surface area contributed by atoms with E-state index in [0.717, 1.165) is 6.42 Å². The molecule has 3 aromatic rings. The van der Waals surface area contributed by atoms with Gasteiger partial charge in [0.05, 0.1) is 17.7 Å². The second kappa shape index (κ2) is 11.3. The molecule has 1 amide bonds. The van der Waals surface area contributed by atoms with Crippen molar-refractivity contribution in [3.05, 3.63) is 90.0 Å². The highest BCUT2D eigenvalue weighted by Crippen LogP contribution is 2.21. The largest absolute Gasteiger partial charge is 0.462 e.